The van der Waals surface area contributed by atoms with Crippen LogP contribution < -0.4 is 5.32 Å². The average molecular weight is 424 g/mol. The fourth-order valence-corrected chi connectivity index (χ4v) is 4.16. The topological polar surface area (TPSA) is 38.3 Å². The second-order valence-electron chi connectivity index (χ2n) is 6.74. The molecule has 0 heterocycles. The first-order valence-electron chi connectivity index (χ1n) is 9.34. The quantitative estimate of drug-likeness (QED) is 0.505. The molecule has 3 aromatic carbocycles. The highest BCUT2D eigenvalue weighted by molar-refractivity contribution is 6.37. The molecule has 0 radical (unpaired) electrons. The van der Waals surface area contributed by atoms with E-state index in [1.807, 2.05) is 24.3 Å². The van der Waals surface area contributed by atoms with Gasteiger partial charge in [-0.25, -0.2) is 4.79 Å². The number of fused-ring (bicyclic) bond motifs is 3. The minimum atomic E-state index is -0.457. The largest absolute Gasteiger partial charge is 0.449 e. The van der Waals surface area contributed by atoms with E-state index in [1.165, 1.54) is 22.3 Å². The molecule has 29 heavy (non-hydrogen) atoms. The molecule has 0 aliphatic heterocycles. The molecule has 0 saturated carbocycles. The van der Waals surface area contributed by atoms with Gasteiger partial charge < -0.3 is 10.1 Å². The number of rotatable bonds is 5. The number of hydrogen-bond donors (Lipinski definition) is 1. The Morgan fingerprint density at radius 2 is 1.48 bits per heavy atom. The highest BCUT2D eigenvalue weighted by Crippen LogP contribution is 2.44. The van der Waals surface area contributed by atoms with Crippen molar-refractivity contribution in [2.24, 2.45) is 0 Å². The molecule has 4 rings (SSSR count). The summed E-state index contributed by atoms with van der Waals surface area (Å²) in [5, 5.41) is 3.86. The summed E-state index contributed by atoms with van der Waals surface area (Å²) in [5.74, 6) is 0.0469. The fourth-order valence-electron chi connectivity index (χ4n) is 3.64. The van der Waals surface area contributed by atoms with Crippen LogP contribution in [0.15, 0.2) is 72.8 Å². The van der Waals surface area contributed by atoms with Crippen LogP contribution in [0.5, 0.6) is 0 Å². The number of alkyl carbamates (subject to hydrolysis) is 1. The van der Waals surface area contributed by atoms with Crippen molar-refractivity contribution in [1.29, 1.82) is 0 Å². The van der Waals surface area contributed by atoms with Crippen molar-refractivity contribution >= 4 is 35.4 Å². The van der Waals surface area contributed by atoms with Gasteiger partial charge in [0.25, 0.3) is 0 Å². The molecule has 0 saturated heterocycles. The average Bonchev–Trinajstić information content (AvgIpc) is 3.05. The SMILES string of the molecule is O=C(NCC=Cc1c(Cl)cccc1Cl)OCC1c2ccccc2-c2ccccc21. The van der Waals surface area contributed by atoms with Gasteiger partial charge in [-0.1, -0.05) is 90.0 Å². The monoisotopic (exact) mass is 423 g/mol. The summed E-state index contributed by atoms with van der Waals surface area (Å²) in [6.45, 7) is 0.609. The highest BCUT2D eigenvalue weighted by atomic mass is 35.5. The van der Waals surface area contributed by atoms with Crippen molar-refractivity contribution in [2.45, 2.75) is 5.92 Å². The van der Waals surface area contributed by atoms with Gasteiger partial charge >= 0.3 is 6.09 Å². The van der Waals surface area contributed by atoms with Gasteiger partial charge in [0, 0.05) is 28.1 Å². The van der Waals surface area contributed by atoms with E-state index in [0.29, 0.717) is 23.2 Å². The number of carbonyl (C=O) groups excluding carboxylic acids is 1. The molecule has 1 N–H and O–H groups in total. The third-order valence-corrected chi connectivity index (χ3v) is 5.65. The molecule has 1 amide bonds. The lowest BCUT2D eigenvalue weighted by Crippen LogP contribution is -2.26. The van der Waals surface area contributed by atoms with Gasteiger partial charge in [-0.3, -0.25) is 0 Å². The molecule has 0 unspecified atom stereocenters. The van der Waals surface area contributed by atoms with Crippen LogP contribution in [0.1, 0.15) is 22.6 Å². The Labute approximate surface area is 179 Å². The summed E-state index contributed by atoms with van der Waals surface area (Å²) < 4.78 is 5.50. The standard InChI is InChI=1S/C24H19Cl2NO2/c25-22-12-5-13-23(26)20(22)11-6-14-27-24(28)29-15-21-18-9-3-1-7-16(18)17-8-2-4-10-19(17)21/h1-13,21H,14-15H2,(H,27,28). The predicted octanol–water partition coefficient (Wildman–Crippen LogP) is 6.55. The Kier molecular flexibility index (Phi) is 5.89. The summed E-state index contributed by atoms with van der Waals surface area (Å²) >= 11 is 12.3. The molecule has 1 aliphatic rings. The number of hydrogen-bond acceptors (Lipinski definition) is 2. The lowest BCUT2D eigenvalue weighted by Gasteiger charge is -2.14. The van der Waals surface area contributed by atoms with E-state index >= 15 is 0 Å². The van der Waals surface area contributed by atoms with Gasteiger partial charge in [0.05, 0.1) is 0 Å². The van der Waals surface area contributed by atoms with E-state index in [9.17, 15) is 4.79 Å². The lowest BCUT2D eigenvalue weighted by atomic mass is 9.98. The zero-order chi connectivity index (χ0) is 20.2. The van der Waals surface area contributed by atoms with Crippen LogP contribution in [0.25, 0.3) is 17.2 Å². The maximum absolute atomic E-state index is 12.1. The van der Waals surface area contributed by atoms with Crippen LogP contribution in [0.2, 0.25) is 10.0 Å². The highest BCUT2D eigenvalue weighted by Gasteiger charge is 2.28. The first-order valence-corrected chi connectivity index (χ1v) is 10.1. The number of ether oxygens (including phenoxy) is 1. The van der Waals surface area contributed by atoms with E-state index in [-0.39, 0.29) is 5.92 Å². The molecule has 0 bridgehead atoms. The van der Waals surface area contributed by atoms with Crippen LogP contribution in [0, 0.1) is 0 Å². The second-order valence-corrected chi connectivity index (χ2v) is 7.56. The first-order chi connectivity index (χ1) is 14.1. The van der Waals surface area contributed by atoms with E-state index in [0.717, 1.165) is 5.56 Å². The first kappa shape index (κ1) is 19.6. The number of nitrogens with one attached hydrogen (secondary N) is 1. The third kappa shape index (κ3) is 4.16. The van der Waals surface area contributed by atoms with E-state index in [1.54, 1.807) is 30.4 Å². The Morgan fingerprint density at radius 1 is 0.897 bits per heavy atom. The normalized spacial score (nSPS) is 12.6. The predicted molar refractivity (Wildman–Crippen MR) is 119 cm³/mol. The van der Waals surface area contributed by atoms with Crippen molar-refractivity contribution in [2.75, 3.05) is 13.2 Å². The molecule has 0 atom stereocenters. The van der Waals surface area contributed by atoms with Crippen LogP contribution in [0.4, 0.5) is 4.79 Å². The molecule has 3 nitrogen and oxygen atoms in total. The van der Waals surface area contributed by atoms with Crippen molar-refractivity contribution in [3.63, 3.8) is 0 Å². The zero-order valence-corrected chi connectivity index (χ0v) is 17.1. The van der Waals surface area contributed by atoms with Gasteiger partial charge in [0.15, 0.2) is 0 Å². The van der Waals surface area contributed by atoms with Crippen molar-refractivity contribution < 1.29 is 9.53 Å². The Bertz CT molecular complexity index is 1010. The molecular formula is C24H19Cl2NO2. The number of carbonyl (C=O) groups is 1. The molecule has 1 aliphatic carbocycles. The maximum atomic E-state index is 12.1. The minimum absolute atomic E-state index is 0.0469. The fraction of sp³-hybridized carbons (Fsp3) is 0.125. The summed E-state index contributed by atoms with van der Waals surface area (Å²) in [4.78, 5) is 12.1. The van der Waals surface area contributed by atoms with Crippen molar-refractivity contribution in [3.8, 4) is 11.1 Å². The van der Waals surface area contributed by atoms with Gasteiger partial charge in [-0.2, -0.15) is 0 Å². The smallest absolute Gasteiger partial charge is 0.407 e. The Hall–Kier alpha value is -2.75. The van der Waals surface area contributed by atoms with E-state index < -0.39 is 6.09 Å². The maximum Gasteiger partial charge on any atom is 0.407 e. The Balaban J connectivity index is 1.35. The minimum Gasteiger partial charge on any atom is -0.449 e. The third-order valence-electron chi connectivity index (χ3n) is 4.99. The van der Waals surface area contributed by atoms with Gasteiger partial charge in [0.1, 0.15) is 6.61 Å². The van der Waals surface area contributed by atoms with Gasteiger partial charge in [-0.15, -0.1) is 0 Å². The van der Waals surface area contributed by atoms with Crippen LogP contribution in [-0.2, 0) is 4.74 Å². The van der Waals surface area contributed by atoms with Crippen molar-refractivity contribution in [1.82, 2.24) is 5.32 Å². The zero-order valence-electron chi connectivity index (χ0n) is 15.6. The molecule has 0 fully saturated rings. The Morgan fingerprint density at radius 3 is 2.10 bits per heavy atom. The summed E-state index contributed by atoms with van der Waals surface area (Å²) in [6.07, 6.45) is 3.12. The second kappa shape index (κ2) is 8.73. The molecule has 3 aromatic rings. The summed E-state index contributed by atoms with van der Waals surface area (Å²) in [6, 6.07) is 21.8. The van der Waals surface area contributed by atoms with Gasteiger partial charge in [-0.05, 0) is 34.4 Å². The molecule has 5 heteroatoms. The van der Waals surface area contributed by atoms with Crippen molar-refractivity contribution in [3.05, 3.63) is 99.5 Å². The van der Waals surface area contributed by atoms with Crippen LogP contribution in [0.3, 0.4) is 0 Å². The summed E-state index contributed by atoms with van der Waals surface area (Å²) in [5.41, 5.74) is 5.52. The molecule has 0 spiro atoms. The van der Waals surface area contributed by atoms with Crippen LogP contribution in [-0.4, -0.2) is 19.2 Å². The van der Waals surface area contributed by atoms with Crippen LogP contribution >= 0.6 is 23.2 Å². The molecular weight excluding hydrogens is 405 g/mol. The van der Waals surface area contributed by atoms with E-state index in [2.05, 4.69) is 29.6 Å². The van der Waals surface area contributed by atoms with Gasteiger partial charge in [0.2, 0.25) is 0 Å². The lowest BCUT2D eigenvalue weighted by molar-refractivity contribution is 0.144. The number of benzene rings is 3. The summed E-state index contributed by atoms with van der Waals surface area (Å²) in [7, 11) is 0. The number of amides is 1. The molecule has 0 aromatic heterocycles. The number of halogens is 2. The van der Waals surface area contributed by atoms with E-state index in [4.69, 9.17) is 27.9 Å². The molecule has 146 valence electrons.